The fraction of sp³-hybridized carbons (Fsp3) is 0.846. The molecule has 18 heavy (non-hydrogen) atoms. The summed E-state index contributed by atoms with van der Waals surface area (Å²) >= 11 is 0. The molecule has 0 aromatic carbocycles. The third kappa shape index (κ3) is 3.20. The summed E-state index contributed by atoms with van der Waals surface area (Å²) in [5, 5.41) is 0.163. The first kappa shape index (κ1) is 15.4. The van der Waals surface area contributed by atoms with E-state index in [0.717, 1.165) is 5.71 Å². The Bertz CT molecular complexity index is 358. The summed E-state index contributed by atoms with van der Waals surface area (Å²) in [6, 6.07) is -0.384. The number of ether oxygens (including phenoxy) is 1. The second kappa shape index (κ2) is 5.13. The normalized spacial score (nSPS) is 24.9. The van der Waals surface area contributed by atoms with Crippen molar-refractivity contribution in [2.45, 2.75) is 64.4 Å². The number of nitrogens with zero attached hydrogens (tertiary/aromatic N) is 1. The van der Waals surface area contributed by atoms with E-state index in [1.54, 1.807) is 0 Å². The van der Waals surface area contributed by atoms with Crippen molar-refractivity contribution in [2.24, 2.45) is 4.99 Å². The van der Waals surface area contributed by atoms with Crippen LogP contribution in [0.4, 0.5) is 0 Å². The fourth-order valence-corrected chi connectivity index (χ4v) is 3.04. The molecule has 0 saturated heterocycles. The molecule has 0 aliphatic carbocycles. The van der Waals surface area contributed by atoms with Gasteiger partial charge in [0.25, 0.3) is 0 Å². The van der Waals surface area contributed by atoms with Gasteiger partial charge in [-0.1, -0.05) is 20.8 Å². The highest BCUT2D eigenvalue weighted by Gasteiger charge is 2.42. The zero-order chi connectivity index (χ0) is 14.1. The van der Waals surface area contributed by atoms with Gasteiger partial charge in [-0.25, -0.2) is 4.79 Å². The van der Waals surface area contributed by atoms with E-state index < -0.39 is 8.32 Å². The highest BCUT2D eigenvalue weighted by atomic mass is 28.4. The molecule has 0 saturated carbocycles. The van der Waals surface area contributed by atoms with Crippen molar-refractivity contribution in [1.82, 2.24) is 0 Å². The third-order valence-electron chi connectivity index (χ3n) is 3.98. The average molecular weight is 271 g/mol. The summed E-state index contributed by atoms with van der Waals surface area (Å²) in [6.45, 7) is 13.0. The van der Waals surface area contributed by atoms with Gasteiger partial charge in [-0.05, 0) is 25.1 Å². The van der Waals surface area contributed by atoms with E-state index in [2.05, 4.69) is 38.9 Å². The van der Waals surface area contributed by atoms with Crippen LogP contribution in [0.3, 0.4) is 0 Å². The molecule has 1 unspecified atom stereocenters. The van der Waals surface area contributed by atoms with E-state index in [1.807, 2.05) is 6.92 Å². The van der Waals surface area contributed by atoms with Gasteiger partial charge in [0.05, 0.1) is 13.2 Å². The number of carbonyl (C=O) groups is 1. The van der Waals surface area contributed by atoms with Gasteiger partial charge in [0, 0.05) is 12.1 Å². The predicted molar refractivity (Wildman–Crippen MR) is 75.6 cm³/mol. The number of methoxy groups -OCH3 is 1. The van der Waals surface area contributed by atoms with Crippen molar-refractivity contribution in [3.8, 4) is 0 Å². The first-order valence-corrected chi connectivity index (χ1v) is 9.29. The molecular formula is C13H25NO3Si. The predicted octanol–water partition coefficient (Wildman–Crippen LogP) is 2.78. The Labute approximate surface area is 111 Å². The highest BCUT2D eigenvalue weighted by Crippen LogP contribution is 2.38. The number of hydrogen-bond acceptors (Lipinski definition) is 4. The van der Waals surface area contributed by atoms with E-state index in [0.29, 0.717) is 6.42 Å². The van der Waals surface area contributed by atoms with Gasteiger partial charge in [0.1, 0.15) is 6.04 Å². The Kier molecular flexibility index (Phi) is 4.38. The van der Waals surface area contributed by atoms with Crippen molar-refractivity contribution < 1.29 is 14.0 Å². The van der Waals surface area contributed by atoms with Gasteiger partial charge in [0.2, 0.25) is 0 Å². The Morgan fingerprint density at radius 2 is 1.94 bits per heavy atom. The van der Waals surface area contributed by atoms with Crippen molar-refractivity contribution >= 4 is 20.0 Å². The minimum atomic E-state index is -1.82. The molecule has 1 heterocycles. The monoisotopic (exact) mass is 271 g/mol. The van der Waals surface area contributed by atoms with Crippen LogP contribution >= 0.6 is 0 Å². The summed E-state index contributed by atoms with van der Waals surface area (Å²) in [5.41, 5.74) is 0.912. The van der Waals surface area contributed by atoms with Crippen LogP contribution in [-0.2, 0) is 14.0 Å². The molecule has 0 radical (unpaired) electrons. The second-order valence-corrected chi connectivity index (χ2v) is 11.2. The lowest BCUT2D eigenvalue weighted by molar-refractivity contribution is -0.142. The largest absolute Gasteiger partial charge is 0.467 e. The molecule has 4 nitrogen and oxygen atoms in total. The van der Waals surface area contributed by atoms with Gasteiger partial charge in [0.15, 0.2) is 8.32 Å². The lowest BCUT2D eigenvalue weighted by Crippen LogP contribution is -2.45. The van der Waals surface area contributed by atoms with Crippen LogP contribution in [0.1, 0.15) is 34.1 Å². The molecule has 0 fully saturated rings. The smallest absolute Gasteiger partial charge is 0.330 e. The molecule has 104 valence electrons. The lowest BCUT2D eigenvalue weighted by Gasteiger charge is -2.38. The van der Waals surface area contributed by atoms with E-state index >= 15 is 0 Å². The van der Waals surface area contributed by atoms with Gasteiger partial charge < -0.3 is 9.16 Å². The lowest BCUT2D eigenvalue weighted by atomic mass is 10.1. The van der Waals surface area contributed by atoms with Crippen LogP contribution in [0, 0.1) is 0 Å². The quantitative estimate of drug-likeness (QED) is 0.586. The van der Waals surface area contributed by atoms with E-state index in [-0.39, 0.29) is 23.2 Å². The SMILES string of the molecule is COC(=O)[C@@H]1CC(O[Si](C)(C)C(C)(C)C)C(C)=N1. The van der Waals surface area contributed by atoms with Crippen LogP contribution in [-0.4, -0.2) is 39.3 Å². The third-order valence-corrected chi connectivity index (χ3v) is 8.47. The Morgan fingerprint density at radius 1 is 1.39 bits per heavy atom. The summed E-state index contributed by atoms with van der Waals surface area (Å²) in [4.78, 5) is 15.8. The van der Waals surface area contributed by atoms with Gasteiger partial charge >= 0.3 is 5.97 Å². The highest BCUT2D eigenvalue weighted by molar-refractivity contribution is 6.74. The molecule has 5 heteroatoms. The molecule has 0 bridgehead atoms. The standard InChI is InChI=1S/C13H25NO3Si/c1-9-11(8-10(14-9)12(15)16-5)17-18(6,7)13(2,3)4/h10-11H,8H2,1-7H3/t10-,11?/m0/s1. The van der Waals surface area contributed by atoms with Crippen LogP contribution in [0.5, 0.6) is 0 Å². The first-order chi connectivity index (χ1) is 8.08. The maximum atomic E-state index is 11.5. The summed E-state index contributed by atoms with van der Waals surface area (Å²) in [7, 11) is -0.421. The first-order valence-electron chi connectivity index (χ1n) is 6.38. The number of rotatable bonds is 3. The summed E-state index contributed by atoms with van der Waals surface area (Å²) in [6.07, 6.45) is 0.584. The summed E-state index contributed by atoms with van der Waals surface area (Å²) in [5.74, 6) is -0.268. The Balaban J connectivity index is 2.73. The van der Waals surface area contributed by atoms with Crippen molar-refractivity contribution in [1.29, 1.82) is 0 Å². The molecule has 0 aromatic rings. The van der Waals surface area contributed by atoms with Crippen LogP contribution in [0.25, 0.3) is 0 Å². The summed E-state index contributed by atoms with van der Waals surface area (Å²) < 4.78 is 11.0. The van der Waals surface area contributed by atoms with Crippen LogP contribution < -0.4 is 0 Å². The Hall–Kier alpha value is -0.683. The molecule has 0 aromatic heterocycles. The van der Waals surface area contributed by atoms with E-state index in [1.165, 1.54) is 7.11 Å². The molecule has 0 N–H and O–H groups in total. The number of esters is 1. The number of hydrogen-bond donors (Lipinski definition) is 0. The van der Waals surface area contributed by atoms with Gasteiger partial charge in [-0.2, -0.15) is 0 Å². The minimum Gasteiger partial charge on any atom is -0.467 e. The average Bonchev–Trinajstić information content (AvgIpc) is 2.57. The molecule has 1 aliphatic heterocycles. The number of carbonyl (C=O) groups excluding carboxylic acids is 1. The zero-order valence-corrected chi connectivity index (χ0v) is 13.5. The maximum absolute atomic E-state index is 11.5. The maximum Gasteiger partial charge on any atom is 0.330 e. The number of aliphatic imine (C=N–C) groups is 1. The topological polar surface area (TPSA) is 47.9 Å². The van der Waals surface area contributed by atoms with E-state index in [4.69, 9.17) is 9.16 Å². The van der Waals surface area contributed by atoms with Gasteiger partial charge in [-0.3, -0.25) is 4.99 Å². The van der Waals surface area contributed by atoms with E-state index in [9.17, 15) is 4.79 Å². The molecule has 2 atom stereocenters. The molecule has 0 amide bonds. The van der Waals surface area contributed by atoms with Gasteiger partial charge in [-0.15, -0.1) is 0 Å². The second-order valence-electron chi connectivity index (χ2n) is 6.41. The van der Waals surface area contributed by atoms with Crippen molar-refractivity contribution in [3.63, 3.8) is 0 Å². The fourth-order valence-electron chi connectivity index (χ4n) is 1.71. The zero-order valence-electron chi connectivity index (χ0n) is 12.5. The van der Waals surface area contributed by atoms with Crippen LogP contribution in [0.2, 0.25) is 18.1 Å². The molecule has 1 aliphatic rings. The minimum absolute atomic E-state index is 0.0324. The van der Waals surface area contributed by atoms with Crippen LogP contribution in [0.15, 0.2) is 4.99 Å². The molecule has 0 spiro atoms. The van der Waals surface area contributed by atoms with Crippen molar-refractivity contribution in [2.75, 3.05) is 7.11 Å². The molecular weight excluding hydrogens is 246 g/mol. The molecule has 1 rings (SSSR count). The Morgan fingerprint density at radius 3 is 2.39 bits per heavy atom. The van der Waals surface area contributed by atoms with Crippen molar-refractivity contribution in [3.05, 3.63) is 0 Å².